The predicted molar refractivity (Wildman–Crippen MR) is 64.0 cm³/mol. The summed E-state index contributed by atoms with van der Waals surface area (Å²) in [5.41, 5.74) is 1.52. The zero-order valence-corrected chi connectivity index (χ0v) is 9.55. The topological polar surface area (TPSA) is 33.1 Å². The third kappa shape index (κ3) is 2.68. The highest BCUT2D eigenvalue weighted by Crippen LogP contribution is 2.28. The number of aliphatic hydroxyl groups is 1. The lowest BCUT2D eigenvalue weighted by Gasteiger charge is -2.18. The van der Waals surface area contributed by atoms with Gasteiger partial charge < -0.3 is 5.11 Å². The maximum Gasteiger partial charge on any atom is 0.123 e. The Kier molecular flexibility index (Phi) is 3.49. The fourth-order valence-electron chi connectivity index (χ4n) is 1.76. The molecular formula is C14H14FNO. The van der Waals surface area contributed by atoms with E-state index in [-0.39, 0.29) is 11.7 Å². The van der Waals surface area contributed by atoms with Crippen molar-refractivity contribution in [2.75, 3.05) is 0 Å². The van der Waals surface area contributed by atoms with Crippen LogP contribution >= 0.6 is 0 Å². The third-order valence-electron chi connectivity index (χ3n) is 2.84. The summed E-state index contributed by atoms with van der Waals surface area (Å²) < 4.78 is 12.8. The quantitative estimate of drug-likeness (QED) is 0.880. The van der Waals surface area contributed by atoms with Crippen molar-refractivity contribution in [3.63, 3.8) is 0 Å². The predicted octanol–water partition coefficient (Wildman–Crippen LogP) is 3.06. The van der Waals surface area contributed by atoms with E-state index in [9.17, 15) is 9.50 Å². The SMILES string of the molecule is CC(c1ccccn1)C(O)c1ccc(F)cc1. The van der Waals surface area contributed by atoms with Crippen LogP contribution in [-0.4, -0.2) is 10.1 Å². The van der Waals surface area contributed by atoms with Gasteiger partial charge in [0.1, 0.15) is 5.82 Å². The number of benzene rings is 1. The molecule has 0 amide bonds. The van der Waals surface area contributed by atoms with Crippen molar-refractivity contribution in [1.29, 1.82) is 0 Å². The van der Waals surface area contributed by atoms with Crippen LogP contribution in [0.25, 0.3) is 0 Å². The Morgan fingerprint density at radius 1 is 1.12 bits per heavy atom. The van der Waals surface area contributed by atoms with Crippen molar-refractivity contribution in [3.8, 4) is 0 Å². The Balaban J connectivity index is 2.20. The summed E-state index contributed by atoms with van der Waals surface area (Å²) in [6, 6.07) is 11.5. The Morgan fingerprint density at radius 2 is 1.82 bits per heavy atom. The number of aromatic nitrogens is 1. The molecule has 2 rings (SSSR count). The van der Waals surface area contributed by atoms with Crippen LogP contribution in [0.4, 0.5) is 4.39 Å². The van der Waals surface area contributed by atoms with Crippen molar-refractivity contribution < 1.29 is 9.50 Å². The minimum atomic E-state index is -0.675. The molecular weight excluding hydrogens is 217 g/mol. The van der Waals surface area contributed by atoms with Gasteiger partial charge in [-0.15, -0.1) is 0 Å². The van der Waals surface area contributed by atoms with Crippen LogP contribution in [0.1, 0.15) is 30.2 Å². The molecule has 0 saturated carbocycles. The standard InChI is InChI=1S/C14H14FNO/c1-10(13-4-2-3-9-16-13)14(17)11-5-7-12(15)8-6-11/h2-10,14,17H,1H3. The molecule has 0 saturated heterocycles. The largest absolute Gasteiger partial charge is 0.388 e. The van der Waals surface area contributed by atoms with Crippen LogP contribution in [-0.2, 0) is 0 Å². The summed E-state index contributed by atoms with van der Waals surface area (Å²) in [7, 11) is 0. The number of aliphatic hydroxyl groups excluding tert-OH is 1. The van der Waals surface area contributed by atoms with E-state index in [4.69, 9.17) is 0 Å². The van der Waals surface area contributed by atoms with Gasteiger partial charge in [0.25, 0.3) is 0 Å². The first-order chi connectivity index (χ1) is 8.18. The van der Waals surface area contributed by atoms with Gasteiger partial charge in [0.2, 0.25) is 0 Å². The van der Waals surface area contributed by atoms with E-state index in [1.54, 1.807) is 18.3 Å². The summed E-state index contributed by atoms with van der Waals surface area (Å²) >= 11 is 0. The molecule has 2 nitrogen and oxygen atoms in total. The van der Waals surface area contributed by atoms with Gasteiger partial charge in [0.05, 0.1) is 6.10 Å². The van der Waals surface area contributed by atoms with Crippen molar-refractivity contribution in [2.24, 2.45) is 0 Å². The first-order valence-corrected chi connectivity index (χ1v) is 5.53. The van der Waals surface area contributed by atoms with Gasteiger partial charge in [0.15, 0.2) is 0 Å². The van der Waals surface area contributed by atoms with Gasteiger partial charge >= 0.3 is 0 Å². The fourth-order valence-corrected chi connectivity index (χ4v) is 1.76. The van der Waals surface area contributed by atoms with Crippen LogP contribution < -0.4 is 0 Å². The van der Waals surface area contributed by atoms with Gasteiger partial charge in [-0.3, -0.25) is 4.98 Å². The second-order valence-corrected chi connectivity index (χ2v) is 4.04. The molecule has 1 aromatic carbocycles. The number of hydrogen-bond donors (Lipinski definition) is 1. The van der Waals surface area contributed by atoms with E-state index in [0.717, 1.165) is 5.69 Å². The molecule has 0 fully saturated rings. The van der Waals surface area contributed by atoms with Crippen molar-refractivity contribution in [2.45, 2.75) is 18.9 Å². The minimum absolute atomic E-state index is 0.123. The molecule has 2 unspecified atom stereocenters. The maximum atomic E-state index is 12.8. The Morgan fingerprint density at radius 3 is 2.41 bits per heavy atom. The lowest BCUT2D eigenvalue weighted by molar-refractivity contribution is 0.150. The second kappa shape index (κ2) is 5.06. The molecule has 2 atom stereocenters. The fraction of sp³-hybridized carbons (Fsp3) is 0.214. The zero-order chi connectivity index (χ0) is 12.3. The average Bonchev–Trinajstić information content (AvgIpc) is 2.39. The summed E-state index contributed by atoms with van der Waals surface area (Å²) in [5.74, 6) is -0.423. The molecule has 3 heteroatoms. The van der Waals surface area contributed by atoms with Gasteiger partial charge in [-0.25, -0.2) is 4.39 Å². The summed E-state index contributed by atoms with van der Waals surface area (Å²) in [6.45, 7) is 1.90. The van der Waals surface area contributed by atoms with E-state index in [0.29, 0.717) is 5.56 Å². The number of pyridine rings is 1. The van der Waals surface area contributed by atoms with Crippen molar-refractivity contribution >= 4 is 0 Å². The van der Waals surface area contributed by atoms with E-state index < -0.39 is 6.10 Å². The van der Waals surface area contributed by atoms with Gasteiger partial charge in [-0.05, 0) is 29.8 Å². The lowest BCUT2D eigenvalue weighted by atomic mass is 9.94. The third-order valence-corrected chi connectivity index (χ3v) is 2.84. The molecule has 88 valence electrons. The molecule has 17 heavy (non-hydrogen) atoms. The Labute approximate surface area is 99.8 Å². The van der Waals surface area contributed by atoms with Crippen LogP contribution in [0.15, 0.2) is 48.7 Å². The van der Waals surface area contributed by atoms with Gasteiger partial charge in [-0.1, -0.05) is 25.1 Å². The molecule has 1 aromatic heterocycles. The van der Waals surface area contributed by atoms with Gasteiger partial charge in [-0.2, -0.15) is 0 Å². The van der Waals surface area contributed by atoms with Gasteiger partial charge in [0, 0.05) is 17.8 Å². The van der Waals surface area contributed by atoms with Crippen molar-refractivity contribution in [3.05, 3.63) is 65.7 Å². The van der Waals surface area contributed by atoms with Crippen LogP contribution in [0.3, 0.4) is 0 Å². The summed E-state index contributed by atoms with van der Waals surface area (Å²) in [4.78, 5) is 4.21. The average molecular weight is 231 g/mol. The summed E-state index contributed by atoms with van der Waals surface area (Å²) in [6.07, 6.45) is 1.02. The highest BCUT2D eigenvalue weighted by molar-refractivity contribution is 5.22. The normalized spacial score (nSPS) is 14.3. The lowest BCUT2D eigenvalue weighted by Crippen LogP contribution is -2.09. The van der Waals surface area contributed by atoms with Crippen LogP contribution in [0, 0.1) is 5.82 Å². The molecule has 0 bridgehead atoms. The molecule has 0 aliphatic heterocycles. The molecule has 0 spiro atoms. The van der Waals surface area contributed by atoms with Crippen LogP contribution in [0.2, 0.25) is 0 Å². The zero-order valence-electron chi connectivity index (χ0n) is 9.55. The number of nitrogens with zero attached hydrogens (tertiary/aromatic N) is 1. The Bertz CT molecular complexity index is 469. The minimum Gasteiger partial charge on any atom is -0.388 e. The van der Waals surface area contributed by atoms with Crippen molar-refractivity contribution in [1.82, 2.24) is 4.98 Å². The molecule has 1 heterocycles. The molecule has 0 aliphatic rings. The summed E-state index contributed by atoms with van der Waals surface area (Å²) in [5, 5.41) is 10.2. The highest BCUT2D eigenvalue weighted by atomic mass is 19.1. The van der Waals surface area contributed by atoms with Crippen LogP contribution in [0.5, 0.6) is 0 Å². The molecule has 1 N–H and O–H groups in total. The molecule has 0 radical (unpaired) electrons. The smallest absolute Gasteiger partial charge is 0.123 e. The maximum absolute atomic E-state index is 12.8. The monoisotopic (exact) mass is 231 g/mol. The Hall–Kier alpha value is -1.74. The highest BCUT2D eigenvalue weighted by Gasteiger charge is 2.18. The second-order valence-electron chi connectivity index (χ2n) is 4.04. The molecule has 2 aromatic rings. The van der Waals surface area contributed by atoms with E-state index in [1.807, 2.05) is 25.1 Å². The first kappa shape index (κ1) is 11.7. The van der Waals surface area contributed by atoms with E-state index in [1.165, 1.54) is 12.1 Å². The number of hydrogen-bond acceptors (Lipinski definition) is 2. The number of rotatable bonds is 3. The van der Waals surface area contributed by atoms with E-state index >= 15 is 0 Å². The van der Waals surface area contributed by atoms with E-state index in [2.05, 4.69) is 4.98 Å². The number of halogens is 1. The first-order valence-electron chi connectivity index (χ1n) is 5.53. The molecule has 0 aliphatic carbocycles.